The molecule has 0 aliphatic rings. The first-order valence-electron chi connectivity index (χ1n) is 6.09. The molecule has 0 saturated carbocycles. The summed E-state index contributed by atoms with van der Waals surface area (Å²) in [4.78, 5) is 0. The first-order chi connectivity index (χ1) is 8.29. The Morgan fingerprint density at radius 1 is 1.24 bits per heavy atom. The fourth-order valence-electron chi connectivity index (χ4n) is 1.58. The van der Waals surface area contributed by atoms with Gasteiger partial charge in [-0.25, -0.2) is 0 Å². The summed E-state index contributed by atoms with van der Waals surface area (Å²) in [7, 11) is 0. The zero-order valence-electron chi connectivity index (χ0n) is 10.6. The number of ether oxygens (including phenoxy) is 1. The van der Waals surface area contributed by atoms with Crippen molar-refractivity contribution in [2.24, 2.45) is 0 Å². The number of benzene rings is 1. The van der Waals surface area contributed by atoms with Crippen LogP contribution in [0.4, 0.5) is 0 Å². The van der Waals surface area contributed by atoms with Crippen LogP contribution in [-0.4, -0.2) is 17.1 Å². The maximum atomic E-state index is 5.81. The second kappa shape index (κ2) is 8.54. The largest absolute Gasteiger partial charge is 0.493 e. The zero-order chi connectivity index (χ0) is 12.5. The molecule has 0 heterocycles. The van der Waals surface area contributed by atoms with Crippen molar-refractivity contribution in [1.82, 2.24) is 0 Å². The highest BCUT2D eigenvalue weighted by Crippen LogP contribution is 2.23. The molecule has 0 atom stereocenters. The van der Waals surface area contributed by atoms with Crippen LogP contribution in [0.3, 0.4) is 0 Å². The Labute approximate surface area is 114 Å². The highest BCUT2D eigenvalue weighted by Gasteiger charge is 2.06. The minimum absolute atomic E-state index is 0.786. The summed E-state index contributed by atoms with van der Waals surface area (Å²) in [5.41, 5.74) is 1.05. The van der Waals surface area contributed by atoms with Crippen molar-refractivity contribution in [3.63, 3.8) is 0 Å². The lowest BCUT2D eigenvalue weighted by atomic mass is 10.2. The summed E-state index contributed by atoms with van der Waals surface area (Å²) >= 11 is 6.90. The van der Waals surface area contributed by atoms with Gasteiger partial charge in [0, 0.05) is 5.56 Å². The Morgan fingerprint density at radius 2 is 2.00 bits per heavy atom. The second-order valence-corrected chi connectivity index (χ2v) is 5.38. The third-order valence-electron chi connectivity index (χ3n) is 2.55. The molecule has 0 N–H and O–H groups in total. The van der Waals surface area contributed by atoms with Crippen molar-refractivity contribution in [3.8, 4) is 5.75 Å². The highest BCUT2D eigenvalue weighted by atomic mass is 32.2. The Bertz CT molecular complexity index is 350. The Kier molecular flexibility index (Phi) is 7.29. The highest BCUT2D eigenvalue weighted by molar-refractivity contribution is 8.23. The molecule has 3 heteroatoms. The predicted molar refractivity (Wildman–Crippen MR) is 81.3 cm³/mol. The fraction of sp³-hybridized carbons (Fsp3) is 0.500. The molecule has 17 heavy (non-hydrogen) atoms. The molecule has 1 aromatic rings. The fourth-order valence-corrected chi connectivity index (χ4v) is 2.14. The van der Waals surface area contributed by atoms with E-state index in [-0.39, 0.29) is 0 Å². The quantitative estimate of drug-likeness (QED) is 0.525. The van der Waals surface area contributed by atoms with Crippen LogP contribution in [0.5, 0.6) is 5.75 Å². The van der Waals surface area contributed by atoms with Crippen LogP contribution in [0, 0.1) is 0 Å². The second-order valence-electron chi connectivity index (χ2n) is 3.90. The van der Waals surface area contributed by atoms with Crippen LogP contribution in [-0.2, 0) is 0 Å². The number of thiocarbonyl (C=S) groups is 1. The van der Waals surface area contributed by atoms with Gasteiger partial charge in [-0.15, -0.1) is 11.8 Å². The molecule has 0 saturated heterocycles. The number of para-hydroxylation sites is 1. The van der Waals surface area contributed by atoms with Crippen molar-refractivity contribution in [2.75, 3.05) is 12.9 Å². The van der Waals surface area contributed by atoms with Crippen LogP contribution in [0.15, 0.2) is 24.3 Å². The molecule has 0 aromatic heterocycles. The van der Waals surface area contributed by atoms with Gasteiger partial charge in [-0.3, -0.25) is 0 Å². The van der Waals surface area contributed by atoms with Gasteiger partial charge < -0.3 is 4.74 Å². The van der Waals surface area contributed by atoms with E-state index in [0.717, 1.165) is 28.5 Å². The maximum absolute atomic E-state index is 5.81. The molecule has 0 radical (unpaired) electrons. The molecule has 94 valence electrons. The molecule has 0 amide bonds. The van der Waals surface area contributed by atoms with Crippen LogP contribution >= 0.6 is 24.0 Å². The monoisotopic (exact) mass is 268 g/mol. The van der Waals surface area contributed by atoms with Gasteiger partial charge >= 0.3 is 0 Å². The molecule has 1 nitrogen and oxygen atoms in total. The average Bonchev–Trinajstić information content (AvgIpc) is 2.38. The van der Waals surface area contributed by atoms with Gasteiger partial charge in [0.1, 0.15) is 5.75 Å². The Morgan fingerprint density at radius 3 is 2.71 bits per heavy atom. The minimum Gasteiger partial charge on any atom is -0.493 e. The molecule has 0 bridgehead atoms. The number of thioether (sulfide) groups is 1. The first-order valence-corrected chi connectivity index (χ1v) is 7.73. The molecule has 0 fully saturated rings. The van der Waals surface area contributed by atoms with E-state index in [1.54, 1.807) is 11.8 Å². The number of hydrogen-bond acceptors (Lipinski definition) is 3. The standard InChI is InChI=1S/C14H20OS2/c1-3-4-5-8-11-15-13-10-7-6-9-12(13)14(16)17-2/h6-7,9-10H,3-5,8,11H2,1-2H3. The van der Waals surface area contributed by atoms with Crippen LogP contribution in [0.1, 0.15) is 38.2 Å². The van der Waals surface area contributed by atoms with E-state index in [4.69, 9.17) is 17.0 Å². The lowest BCUT2D eigenvalue weighted by Gasteiger charge is -2.10. The summed E-state index contributed by atoms with van der Waals surface area (Å²) in [5, 5.41) is 0. The maximum Gasteiger partial charge on any atom is 0.128 e. The van der Waals surface area contributed by atoms with Crippen molar-refractivity contribution in [2.45, 2.75) is 32.6 Å². The summed E-state index contributed by atoms with van der Waals surface area (Å²) in [6.45, 7) is 3.00. The number of rotatable bonds is 7. The first kappa shape index (κ1) is 14.5. The van der Waals surface area contributed by atoms with Crippen molar-refractivity contribution < 1.29 is 4.74 Å². The molecule has 1 aromatic carbocycles. The lowest BCUT2D eigenvalue weighted by molar-refractivity contribution is 0.304. The summed E-state index contributed by atoms with van der Waals surface area (Å²) < 4.78 is 6.70. The SMILES string of the molecule is CCCCCCOc1ccccc1C(=S)SC. The van der Waals surface area contributed by atoms with Gasteiger partial charge in [0.2, 0.25) is 0 Å². The van der Waals surface area contributed by atoms with Gasteiger partial charge in [-0.05, 0) is 24.8 Å². The van der Waals surface area contributed by atoms with Gasteiger partial charge in [0.05, 0.1) is 10.8 Å². The van der Waals surface area contributed by atoms with E-state index in [1.807, 2.05) is 30.5 Å². The molecule has 1 rings (SSSR count). The predicted octanol–water partition coefficient (Wildman–Crippen LogP) is 4.68. The number of unbranched alkanes of at least 4 members (excludes halogenated alkanes) is 3. The summed E-state index contributed by atoms with van der Waals surface area (Å²) in [6.07, 6.45) is 6.90. The van der Waals surface area contributed by atoms with Gasteiger partial charge in [-0.2, -0.15) is 0 Å². The summed E-state index contributed by atoms with van der Waals surface area (Å²) in [5.74, 6) is 0.920. The molecule has 0 aliphatic carbocycles. The van der Waals surface area contributed by atoms with Gasteiger partial charge in [0.25, 0.3) is 0 Å². The lowest BCUT2D eigenvalue weighted by Crippen LogP contribution is -2.02. The topological polar surface area (TPSA) is 9.23 Å². The average molecular weight is 268 g/mol. The van der Waals surface area contributed by atoms with Gasteiger partial charge in [0.15, 0.2) is 0 Å². The smallest absolute Gasteiger partial charge is 0.128 e. The van der Waals surface area contributed by atoms with Crippen molar-refractivity contribution in [3.05, 3.63) is 29.8 Å². The van der Waals surface area contributed by atoms with E-state index in [9.17, 15) is 0 Å². The third kappa shape index (κ3) is 5.09. The normalized spacial score (nSPS) is 10.2. The molecule has 0 unspecified atom stereocenters. The molecule has 0 spiro atoms. The van der Waals surface area contributed by atoms with Crippen LogP contribution < -0.4 is 4.74 Å². The number of hydrogen-bond donors (Lipinski definition) is 0. The van der Waals surface area contributed by atoms with E-state index in [2.05, 4.69) is 6.92 Å². The van der Waals surface area contributed by atoms with E-state index in [0.29, 0.717) is 0 Å². The van der Waals surface area contributed by atoms with E-state index in [1.165, 1.54) is 19.3 Å². The van der Waals surface area contributed by atoms with Crippen LogP contribution in [0.2, 0.25) is 0 Å². The molecular weight excluding hydrogens is 248 g/mol. The Hall–Kier alpha value is -0.540. The summed E-state index contributed by atoms with van der Waals surface area (Å²) in [6, 6.07) is 8.02. The van der Waals surface area contributed by atoms with Crippen LogP contribution in [0.25, 0.3) is 0 Å². The third-order valence-corrected chi connectivity index (χ3v) is 3.86. The van der Waals surface area contributed by atoms with E-state index < -0.39 is 0 Å². The van der Waals surface area contributed by atoms with Crippen molar-refractivity contribution in [1.29, 1.82) is 0 Å². The Balaban J connectivity index is 2.49. The van der Waals surface area contributed by atoms with Gasteiger partial charge in [-0.1, -0.05) is 50.5 Å². The molecular formula is C14H20OS2. The molecule has 0 aliphatic heterocycles. The zero-order valence-corrected chi connectivity index (χ0v) is 12.2. The minimum atomic E-state index is 0.786. The van der Waals surface area contributed by atoms with Crippen molar-refractivity contribution >= 4 is 28.2 Å². The van der Waals surface area contributed by atoms with E-state index >= 15 is 0 Å².